The molecule has 1 N–H and O–H groups in total. The molecule has 2 heterocycles. The van der Waals surface area contributed by atoms with Crippen molar-refractivity contribution in [2.24, 2.45) is 11.8 Å². The average Bonchev–Trinajstić information content (AvgIpc) is 2.93. The zero-order chi connectivity index (χ0) is 27.2. The van der Waals surface area contributed by atoms with E-state index in [-0.39, 0.29) is 17.4 Å². The Bertz CT molecular complexity index is 1130. The maximum absolute atomic E-state index is 13.4. The number of carbonyl (C=O) groups excluding carboxylic acids is 1. The van der Waals surface area contributed by atoms with Crippen LogP contribution < -0.4 is 4.74 Å². The number of carboxylic acids is 1. The summed E-state index contributed by atoms with van der Waals surface area (Å²) in [5.41, 5.74) is 1.33. The molecule has 1 unspecified atom stereocenters. The van der Waals surface area contributed by atoms with Gasteiger partial charge >= 0.3 is 5.97 Å². The normalized spacial score (nSPS) is 18.6. The molecule has 0 saturated carbocycles. The van der Waals surface area contributed by atoms with Gasteiger partial charge in [0, 0.05) is 25.7 Å². The largest absolute Gasteiger partial charge is 0.497 e. The molecule has 0 radical (unpaired) electrons. The summed E-state index contributed by atoms with van der Waals surface area (Å²) in [6.07, 6.45) is 5.53. The van der Waals surface area contributed by atoms with Crippen LogP contribution in [0.25, 0.3) is 6.08 Å². The average molecular weight is 531 g/mol. The maximum atomic E-state index is 13.4. The molecule has 1 amide bonds. The quantitative estimate of drug-likeness (QED) is 0.387. The molecule has 2 aromatic rings. The number of amides is 1. The lowest BCUT2D eigenvalue weighted by Crippen LogP contribution is -2.45. The zero-order valence-electron chi connectivity index (χ0n) is 21.4. The number of likely N-dealkylation sites (tertiary alicyclic amines) is 2. The number of ether oxygens (including phenoxy) is 1. The van der Waals surface area contributed by atoms with Gasteiger partial charge in [-0.25, -0.2) is 13.2 Å². The van der Waals surface area contributed by atoms with Gasteiger partial charge in [0.1, 0.15) is 5.75 Å². The Hall–Kier alpha value is -3.33. The second-order valence-corrected chi connectivity index (χ2v) is 10.1. The van der Waals surface area contributed by atoms with Crippen LogP contribution >= 0.6 is 0 Å². The van der Waals surface area contributed by atoms with Crippen LogP contribution in [0.3, 0.4) is 0 Å². The highest BCUT2D eigenvalue weighted by atomic mass is 19.2. The molecular weight excluding hydrogens is 497 g/mol. The van der Waals surface area contributed by atoms with Crippen LogP contribution in [-0.4, -0.2) is 66.6 Å². The van der Waals surface area contributed by atoms with Crippen molar-refractivity contribution in [2.45, 2.75) is 31.6 Å². The predicted molar refractivity (Wildman–Crippen MR) is 137 cm³/mol. The van der Waals surface area contributed by atoms with Crippen molar-refractivity contribution in [2.75, 3.05) is 39.8 Å². The Morgan fingerprint density at radius 3 is 2.16 bits per heavy atom. The van der Waals surface area contributed by atoms with Crippen molar-refractivity contribution < 1.29 is 32.6 Å². The van der Waals surface area contributed by atoms with E-state index in [1.165, 1.54) is 17.7 Å². The van der Waals surface area contributed by atoms with E-state index in [1.807, 2.05) is 12.1 Å². The first-order chi connectivity index (χ1) is 18.2. The first-order valence-corrected chi connectivity index (χ1v) is 13.0. The molecule has 0 aromatic heterocycles. The molecule has 2 aliphatic heterocycles. The lowest BCUT2D eigenvalue weighted by atomic mass is 9.83. The minimum atomic E-state index is -1.55. The monoisotopic (exact) mass is 530 g/mol. The molecule has 0 bridgehead atoms. The molecule has 4 rings (SSSR count). The lowest BCUT2D eigenvalue weighted by Gasteiger charge is -2.38. The molecular formula is C29H33F3N2O4. The first-order valence-electron chi connectivity index (χ1n) is 13.0. The molecule has 0 spiro atoms. The fraction of sp³-hybridized carbons (Fsp3) is 0.448. The summed E-state index contributed by atoms with van der Waals surface area (Å²) in [6.45, 7) is 2.98. The van der Waals surface area contributed by atoms with Gasteiger partial charge in [-0.3, -0.25) is 9.59 Å². The van der Waals surface area contributed by atoms with Crippen molar-refractivity contribution in [3.05, 3.63) is 71.1 Å². The Labute approximate surface area is 220 Å². The number of hydrogen-bond acceptors (Lipinski definition) is 4. The minimum absolute atomic E-state index is 0.0415. The molecule has 204 valence electrons. The summed E-state index contributed by atoms with van der Waals surface area (Å²) in [7, 11) is 1.65. The molecule has 1 atom stereocenters. The Morgan fingerprint density at radius 1 is 1.00 bits per heavy atom. The van der Waals surface area contributed by atoms with E-state index in [1.54, 1.807) is 12.0 Å². The summed E-state index contributed by atoms with van der Waals surface area (Å²) < 4.78 is 45.1. The fourth-order valence-corrected chi connectivity index (χ4v) is 5.50. The third-order valence-electron chi connectivity index (χ3n) is 7.79. The number of nitrogens with zero attached hydrogens (tertiary/aromatic N) is 2. The Kier molecular flexibility index (Phi) is 9.09. The van der Waals surface area contributed by atoms with E-state index in [4.69, 9.17) is 4.74 Å². The minimum Gasteiger partial charge on any atom is -0.497 e. The standard InChI is InChI=1S/C29H33F3N2O4/c1-38-23-5-3-20(4-6-23)21-8-12-33(13-9-21)18-24(29(36)37)22-10-14-34(15-11-22)27(35)7-2-19-16-25(30)28(32)26(31)17-19/h2-7,16-17,21-22,24H,8-15,18H2,1H3,(H,36,37)/b7-2+. The van der Waals surface area contributed by atoms with Crippen LogP contribution in [0, 0.1) is 29.3 Å². The Morgan fingerprint density at radius 2 is 1.61 bits per heavy atom. The summed E-state index contributed by atoms with van der Waals surface area (Å²) in [5.74, 6) is -4.60. The number of carboxylic acid groups (broad SMARTS) is 1. The number of rotatable bonds is 8. The number of carbonyl (C=O) groups is 2. The third kappa shape index (κ3) is 6.75. The molecule has 2 aliphatic rings. The highest BCUT2D eigenvalue weighted by Gasteiger charge is 2.34. The highest BCUT2D eigenvalue weighted by Crippen LogP contribution is 2.32. The highest BCUT2D eigenvalue weighted by molar-refractivity contribution is 5.91. The number of halogens is 3. The topological polar surface area (TPSA) is 70.1 Å². The van der Waals surface area contributed by atoms with Gasteiger partial charge in [-0.1, -0.05) is 12.1 Å². The second-order valence-electron chi connectivity index (χ2n) is 10.1. The molecule has 2 aromatic carbocycles. The molecule has 2 fully saturated rings. The smallest absolute Gasteiger partial charge is 0.308 e. The summed E-state index contributed by atoms with van der Waals surface area (Å²) in [4.78, 5) is 28.6. The van der Waals surface area contributed by atoms with Gasteiger partial charge in [-0.15, -0.1) is 0 Å². The van der Waals surface area contributed by atoms with Gasteiger partial charge in [-0.05, 0) is 92.1 Å². The number of aliphatic carboxylic acids is 1. The SMILES string of the molecule is COc1ccc(C2CCN(CC(C(=O)O)C3CCN(C(=O)/C=C/c4cc(F)c(F)c(F)c4)CC3)CC2)cc1. The lowest BCUT2D eigenvalue weighted by molar-refractivity contribution is -0.145. The maximum Gasteiger partial charge on any atom is 0.308 e. The zero-order valence-corrected chi connectivity index (χ0v) is 21.4. The van der Waals surface area contributed by atoms with Crippen molar-refractivity contribution in [1.29, 1.82) is 0 Å². The van der Waals surface area contributed by atoms with Gasteiger partial charge in [0.05, 0.1) is 13.0 Å². The van der Waals surface area contributed by atoms with Gasteiger partial charge in [0.15, 0.2) is 17.5 Å². The first kappa shape index (κ1) is 27.7. The van der Waals surface area contributed by atoms with Gasteiger partial charge in [0.2, 0.25) is 5.91 Å². The van der Waals surface area contributed by atoms with Gasteiger partial charge < -0.3 is 19.6 Å². The van der Waals surface area contributed by atoms with Crippen molar-refractivity contribution in [1.82, 2.24) is 9.80 Å². The van der Waals surface area contributed by atoms with E-state index in [0.717, 1.165) is 43.8 Å². The van der Waals surface area contributed by atoms with Crippen LogP contribution in [-0.2, 0) is 9.59 Å². The van der Waals surface area contributed by atoms with E-state index < -0.39 is 29.3 Å². The van der Waals surface area contributed by atoms with Gasteiger partial charge in [0.25, 0.3) is 0 Å². The summed E-state index contributed by atoms with van der Waals surface area (Å²) >= 11 is 0. The van der Waals surface area contributed by atoms with Crippen molar-refractivity contribution in [3.63, 3.8) is 0 Å². The summed E-state index contributed by atoms with van der Waals surface area (Å²) in [6, 6.07) is 9.78. The van der Waals surface area contributed by atoms with Crippen molar-refractivity contribution in [3.8, 4) is 5.75 Å². The molecule has 9 heteroatoms. The third-order valence-corrected chi connectivity index (χ3v) is 7.79. The summed E-state index contributed by atoms with van der Waals surface area (Å²) in [5, 5.41) is 9.97. The van der Waals surface area contributed by atoms with E-state index in [9.17, 15) is 27.9 Å². The number of benzene rings is 2. The molecule has 6 nitrogen and oxygen atoms in total. The number of methoxy groups -OCH3 is 1. The van der Waals surface area contributed by atoms with Gasteiger partial charge in [-0.2, -0.15) is 0 Å². The van der Waals surface area contributed by atoms with Crippen molar-refractivity contribution >= 4 is 18.0 Å². The predicted octanol–water partition coefficient (Wildman–Crippen LogP) is 4.94. The van der Waals surface area contributed by atoms with Crippen LogP contribution in [0.1, 0.15) is 42.7 Å². The fourth-order valence-electron chi connectivity index (χ4n) is 5.50. The van der Waals surface area contributed by atoms with Crippen LogP contribution in [0.2, 0.25) is 0 Å². The molecule has 2 saturated heterocycles. The molecule has 38 heavy (non-hydrogen) atoms. The van der Waals surface area contributed by atoms with Crippen LogP contribution in [0.15, 0.2) is 42.5 Å². The van der Waals surface area contributed by atoms with Crippen LogP contribution in [0.5, 0.6) is 5.75 Å². The number of piperidine rings is 2. The molecule has 0 aliphatic carbocycles. The van der Waals surface area contributed by atoms with E-state index in [2.05, 4.69) is 17.0 Å². The number of hydrogen-bond donors (Lipinski definition) is 1. The van der Waals surface area contributed by atoms with E-state index in [0.29, 0.717) is 38.4 Å². The Balaban J connectivity index is 1.27. The van der Waals surface area contributed by atoms with E-state index >= 15 is 0 Å². The second kappa shape index (κ2) is 12.5. The van der Waals surface area contributed by atoms with Crippen LogP contribution in [0.4, 0.5) is 13.2 Å².